The second-order valence-corrected chi connectivity index (χ2v) is 3.67. The first-order valence-corrected chi connectivity index (χ1v) is 4.06. The highest BCUT2D eigenvalue weighted by Crippen LogP contribution is 1.89. The molecule has 0 fully saturated rings. The molecule has 0 radical (unpaired) electrons. The summed E-state index contributed by atoms with van der Waals surface area (Å²) in [6.07, 6.45) is 0. The molecule has 0 aromatic heterocycles. The zero-order valence-electron chi connectivity index (χ0n) is 5.88. The molecule has 1 atom stereocenters. The fourth-order valence-electron chi connectivity index (χ4n) is 0.249. The molecule has 0 amide bonds. The van der Waals surface area contributed by atoms with Crippen LogP contribution in [0.25, 0.3) is 0 Å². The average molecular weight is 152 g/mol. The number of hydroxylamine groups is 1. The van der Waals surface area contributed by atoms with Crippen molar-refractivity contribution in [1.82, 2.24) is 9.19 Å². The topological polar surface area (TPSA) is 41.6 Å². The van der Waals surface area contributed by atoms with Crippen LogP contribution in [0.5, 0.6) is 0 Å². The average Bonchev–Trinajstić information content (AvgIpc) is 1.86. The molecular formula is C4H12N2O2S. The molecule has 0 aliphatic rings. The normalized spacial score (nSPS) is 17.8. The fraction of sp³-hybridized carbons (Fsp3) is 0.750. The summed E-state index contributed by atoms with van der Waals surface area (Å²) in [5.74, 6) is 3.38. The van der Waals surface area contributed by atoms with Crippen LogP contribution >= 0.6 is 0 Å². The van der Waals surface area contributed by atoms with Gasteiger partial charge in [-0.25, -0.2) is 8.93 Å². The lowest BCUT2D eigenvalue weighted by Crippen LogP contribution is -2.34. The molecule has 0 aromatic carbocycles. The Morgan fingerprint density at radius 3 is 2.33 bits per heavy atom. The van der Waals surface area contributed by atoms with Gasteiger partial charge in [-0.1, -0.05) is 0 Å². The molecule has 0 rings (SSSR count). The van der Waals surface area contributed by atoms with Gasteiger partial charge in [-0.05, 0) is 12.9 Å². The Hall–Kier alpha value is -0.100. The van der Waals surface area contributed by atoms with E-state index in [0.29, 0.717) is 0 Å². The first kappa shape index (κ1) is 8.90. The third-order valence-electron chi connectivity index (χ3n) is 0.991. The summed E-state index contributed by atoms with van der Waals surface area (Å²) in [5.41, 5.74) is 0. The zero-order chi connectivity index (χ0) is 7.49. The maximum atomic E-state index is 11.1. The van der Waals surface area contributed by atoms with Gasteiger partial charge in [-0.3, -0.25) is 4.84 Å². The molecule has 0 heterocycles. The van der Waals surface area contributed by atoms with E-state index in [1.165, 1.54) is 11.6 Å². The van der Waals surface area contributed by atoms with Gasteiger partial charge in [-0.2, -0.15) is 0 Å². The van der Waals surface area contributed by atoms with Crippen LogP contribution in [-0.2, 0) is 14.7 Å². The van der Waals surface area contributed by atoms with Crippen molar-refractivity contribution in [3.8, 4) is 0 Å². The van der Waals surface area contributed by atoms with Gasteiger partial charge in [0, 0.05) is 7.05 Å². The van der Waals surface area contributed by atoms with Gasteiger partial charge in [0.05, 0.1) is 7.11 Å². The first-order chi connectivity index (χ1) is 4.04. The van der Waals surface area contributed by atoms with E-state index in [9.17, 15) is 4.21 Å². The minimum atomic E-state index is -2.39. The second kappa shape index (κ2) is 3.17. The number of hydrogen-bond donors (Lipinski definition) is 1. The van der Waals surface area contributed by atoms with Crippen LogP contribution in [-0.4, -0.2) is 35.8 Å². The standard InChI is InChI=1S/C4H12N2O2S/c1-5-9(4,7)6(2)8-3/h4H2,1-3H3,(H,5,7). The van der Waals surface area contributed by atoms with Crippen LogP contribution < -0.4 is 4.72 Å². The third kappa shape index (κ3) is 2.31. The minimum Gasteiger partial charge on any atom is -0.289 e. The highest BCUT2D eigenvalue weighted by Gasteiger charge is 2.04. The van der Waals surface area contributed by atoms with Crippen molar-refractivity contribution in [1.29, 1.82) is 0 Å². The maximum absolute atomic E-state index is 11.1. The molecule has 4 nitrogen and oxygen atoms in total. The van der Waals surface area contributed by atoms with E-state index in [0.717, 1.165) is 0 Å². The van der Waals surface area contributed by atoms with E-state index in [1.54, 1.807) is 14.1 Å². The molecule has 0 saturated carbocycles. The van der Waals surface area contributed by atoms with Gasteiger partial charge >= 0.3 is 0 Å². The van der Waals surface area contributed by atoms with Crippen LogP contribution in [0, 0.1) is 0 Å². The molecule has 9 heavy (non-hydrogen) atoms. The Labute approximate surface area is 56.0 Å². The molecular weight excluding hydrogens is 140 g/mol. The van der Waals surface area contributed by atoms with Crippen molar-refractivity contribution >= 4 is 15.8 Å². The molecule has 0 aromatic rings. The summed E-state index contributed by atoms with van der Waals surface area (Å²) in [7, 11) is 2.15. The predicted molar refractivity (Wildman–Crippen MR) is 39.1 cm³/mol. The summed E-state index contributed by atoms with van der Waals surface area (Å²) < 4.78 is 14.7. The summed E-state index contributed by atoms with van der Waals surface area (Å²) in [6.45, 7) is 0. The third-order valence-corrected chi connectivity index (χ3v) is 2.61. The van der Waals surface area contributed by atoms with E-state index >= 15 is 0 Å². The van der Waals surface area contributed by atoms with E-state index < -0.39 is 9.89 Å². The van der Waals surface area contributed by atoms with Crippen LogP contribution in [0.3, 0.4) is 0 Å². The molecule has 0 aliphatic heterocycles. The lowest BCUT2D eigenvalue weighted by molar-refractivity contribution is -0.0221. The highest BCUT2D eigenvalue weighted by molar-refractivity contribution is 7.96. The van der Waals surface area contributed by atoms with Gasteiger partial charge in [0.2, 0.25) is 0 Å². The summed E-state index contributed by atoms with van der Waals surface area (Å²) in [5, 5.41) is 0. The molecule has 0 aliphatic carbocycles. The Kier molecular flexibility index (Phi) is 3.13. The maximum Gasteiger partial charge on any atom is 0.109 e. The SMILES string of the molecule is C=S(=O)(NC)N(C)OC. The predicted octanol–water partition coefficient (Wildman–Crippen LogP) is -0.755. The first-order valence-electron chi connectivity index (χ1n) is 2.38. The largest absolute Gasteiger partial charge is 0.289 e. The monoisotopic (exact) mass is 152 g/mol. The van der Waals surface area contributed by atoms with E-state index in [2.05, 4.69) is 15.4 Å². The fourth-order valence-corrected chi connectivity index (χ4v) is 0.747. The van der Waals surface area contributed by atoms with Crippen molar-refractivity contribution < 1.29 is 9.05 Å². The Morgan fingerprint density at radius 1 is 1.78 bits per heavy atom. The zero-order valence-corrected chi connectivity index (χ0v) is 6.70. The highest BCUT2D eigenvalue weighted by atomic mass is 32.2. The minimum absolute atomic E-state index is 1.17. The van der Waals surface area contributed by atoms with E-state index in [-0.39, 0.29) is 0 Å². The summed E-state index contributed by atoms with van der Waals surface area (Å²) >= 11 is 0. The molecule has 5 heteroatoms. The molecule has 56 valence electrons. The van der Waals surface area contributed by atoms with Crippen molar-refractivity contribution in [3.63, 3.8) is 0 Å². The van der Waals surface area contributed by atoms with Crippen molar-refractivity contribution in [2.75, 3.05) is 21.2 Å². The van der Waals surface area contributed by atoms with Crippen LogP contribution in [0.4, 0.5) is 0 Å². The summed E-state index contributed by atoms with van der Waals surface area (Å²) in [4.78, 5) is 4.64. The molecule has 0 bridgehead atoms. The smallest absolute Gasteiger partial charge is 0.109 e. The van der Waals surface area contributed by atoms with Crippen molar-refractivity contribution in [2.24, 2.45) is 0 Å². The van der Waals surface area contributed by atoms with Crippen molar-refractivity contribution in [2.45, 2.75) is 0 Å². The summed E-state index contributed by atoms with van der Waals surface area (Å²) in [6, 6.07) is 0. The van der Waals surface area contributed by atoms with E-state index in [4.69, 9.17) is 0 Å². The van der Waals surface area contributed by atoms with Crippen molar-refractivity contribution in [3.05, 3.63) is 0 Å². The van der Waals surface area contributed by atoms with Gasteiger partial charge in [0.1, 0.15) is 9.89 Å². The lowest BCUT2D eigenvalue weighted by Gasteiger charge is -2.17. The quantitative estimate of drug-likeness (QED) is 0.427. The number of nitrogens with zero attached hydrogens (tertiary/aromatic N) is 1. The second-order valence-electron chi connectivity index (χ2n) is 1.47. The van der Waals surface area contributed by atoms with Gasteiger partial charge in [-0.15, -0.1) is 4.47 Å². The molecule has 0 saturated heterocycles. The number of nitrogens with one attached hydrogen (secondary N) is 1. The lowest BCUT2D eigenvalue weighted by atomic mass is 11.5. The van der Waals surface area contributed by atoms with Crippen LogP contribution in [0.2, 0.25) is 0 Å². The van der Waals surface area contributed by atoms with Gasteiger partial charge in [0.15, 0.2) is 0 Å². The molecule has 1 unspecified atom stereocenters. The number of hydrogen-bond acceptors (Lipinski definition) is 2. The van der Waals surface area contributed by atoms with Crippen LogP contribution in [0.1, 0.15) is 0 Å². The molecule has 0 spiro atoms. The Morgan fingerprint density at radius 2 is 2.22 bits per heavy atom. The number of rotatable bonds is 3. The Bertz CT molecular complexity index is 163. The van der Waals surface area contributed by atoms with Gasteiger partial charge < -0.3 is 0 Å². The molecule has 1 N–H and O–H groups in total. The Balaban J connectivity index is 4.17. The van der Waals surface area contributed by atoms with Crippen LogP contribution in [0.15, 0.2) is 0 Å². The van der Waals surface area contributed by atoms with E-state index in [1.807, 2.05) is 0 Å². The van der Waals surface area contributed by atoms with Gasteiger partial charge in [0.25, 0.3) is 0 Å².